The summed E-state index contributed by atoms with van der Waals surface area (Å²) in [6.45, 7) is 10.9. The molecule has 1 unspecified atom stereocenters. The number of nitrogens with two attached hydrogens (primary N) is 1. The minimum atomic E-state index is 0.119. The van der Waals surface area contributed by atoms with Crippen LogP contribution >= 0.6 is 0 Å². The van der Waals surface area contributed by atoms with Crippen LogP contribution in [0, 0.1) is 12.8 Å². The number of aryl methyl sites for hydroxylation is 1. The molecule has 1 atom stereocenters. The van der Waals surface area contributed by atoms with Gasteiger partial charge in [-0.1, -0.05) is 33.8 Å². The molecule has 0 saturated heterocycles. The summed E-state index contributed by atoms with van der Waals surface area (Å²) in [7, 11) is 1.73. The molecule has 0 saturated carbocycles. The lowest BCUT2D eigenvalue weighted by Gasteiger charge is -2.21. The van der Waals surface area contributed by atoms with E-state index >= 15 is 0 Å². The maximum atomic E-state index is 6.32. The van der Waals surface area contributed by atoms with Crippen molar-refractivity contribution in [1.82, 2.24) is 0 Å². The van der Waals surface area contributed by atoms with Crippen molar-refractivity contribution in [3.8, 4) is 5.75 Å². The molecule has 102 valence electrons. The molecule has 0 aliphatic rings. The zero-order chi connectivity index (χ0) is 13.9. The Morgan fingerprint density at radius 1 is 1.11 bits per heavy atom. The molecule has 0 spiro atoms. The topological polar surface area (TPSA) is 35.2 Å². The maximum absolute atomic E-state index is 6.32. The smallest absolute Gasteiger partial charge is 0.122 e. The van der Waals surface area contributed by atoms with E-state index < -0.39 is 0 Å². The van der Waals surface area contributed by atoms with Crippen LogP contribution in [0.15, 0.2) is 12.1 Å². The summed E-state index contributed by atoms with van der Waals surface area (Å²) < 4.78 is 5.46. The Bertz CT molecular complexity index is 396. The largest absolute Gasteiger partial charge is 0.496 e. The van der Waals surface area contributed by atoms with Crippen molar-refractivity contribution in [2.45, 2.75) is 53.0 Å². The first-order chi connectivity index (χ1) is 8.36. The number of hydrogen-bond donors (Lipinski definition) is 1. The zero-order valence-electron chi connectivity index (χ0n) is 12.6. The number of methoxy groups -OCH3 is 1. The lowest BCUT2D eigenvalue weighted by molar-refractivity contribution is 0.406. The molecular formula is C16H27NO. The third-order valence-electron chi connectivity index (χ3n) is 3.37. The molecule has 2 N–H and O–H groups in total. The molecule has 1 aromatic rings. The SMILES string of the molecule is COc1cc(C)c(C(N)CC(C)C)cc1C(C)C. The summed E-state index contributed by atoms with van der Waals surface area (Å²) in [5, 5.41) is 0. The van der Waals surface area contributed by atoms with Gasteiger partial charge in [-0.2, -0.15) is 0 Å². The number of rotatable bonds is 5. The van der Waals surface area contributed by atoms with Gasteiger partial charge in [-0.15, -0.1) is 0 Å². The fraction of sp³-hybridized carbons (Fsp3) is 0.625. The normalized spacial score (nSPS) is 13.2. The van der Waals surface area contributed by atoms with Crippen molar-refractivity contribution in [2.24, 2.45) is 11.7 Å². The second kappa shape index (κ2) is 6.24. The monoisotopic (exact) mass is 249 g/mol. The summed E-state index contributed by atoms with van der Waals surface area (Å²) in [5.74, 6) is 2.04. The molecule has 0 heterocycles. The quantitative estimate of drug-likeness (QED) is 0.850. The van der Waals surface area contributed by atoms with E-state index in [2.05, 4.69) is 46.8 Å². The molecule has 1 rings (SSSR count). The van der Waals surface area contributed by atoms with Crippen LogP contribution in [0.4, 0.5) is 0 Å². The van der Waals surface area contributed by atoms with E-state index in [-0.39, 0.29) is 6.04 Å². The van der Waals surface area contributed by atoms with Crippen molar-refractivity contribution in [3.05, 3.63) is 28.8 Å². The summed E-state index contributed by atoms with van der Waals surface area (Å²) in [6, 6.07) is 4.46. The maximum Gasteiger partial charge on any atom is 0.122 e. The Hall–Kier alpha value is -1.02. The first-order valence-electron chi connectivity index (χ1n) is 6.80. The third-order valence-corrected chi connectivity index (χ3v) is 3.37. The lowest BCUT2D eigenvalue weighted by Crippen LogP contribution is -2.15. The van der Waals surface area contributed by atoms with E-state index in [4.69, 9.17) is 10.5 Å². The minimum Gasteiger partial charge on any atom is -0.496 e. The number of hydrogen-bond acceptors (Lipinski definition) is 2. The Balaban J connectivity index is 3.16. The van der Waals surface area contributed by atoms with Crippen LogP contribution in [0.2, 0.25) is 0 Å². The highest BCUT2D eigenvalue weighted by Gasteiger charge is 2.16. The predicted molar refractivity (Wildman–Crippen MR) is 78.2 cm³/mol. The summed E-state index contributed by atoms with van der Waals surface area (Å²) in [6.07, 6.45) is 1.02. The van der Waals surface area contributed by atoms with Crippen molar-refractivity contribution >= 4 is 0 Å². The van der Waals surface area contributed by atoms with E-state index in [0.29, 0.717) is 11.8 Å². The second-order valence-corrected chi connectivity index (χ2v) is 5.84. The van der Waals surface area contributed by atoms with Gasteiger partial charge in [0.05, 0.1) is 7.11 Å². The lowest BCUT2D eigenvalue weighted by atomic mass is 9.90. The van der Waals surface area contributed by atoms with Gasteiger partial charge in [-0.05, 0) is 47.9 Å². The highest BCUT2D eigenvalue weighted by molar-refractivity contribution is 5.45. The fourth-order valence-electron chi connectivity index (χ4n) is 2.38. The molecule has 0 aliphatic carbocycles. The Morgan fingerprint density at radius 3 is 2.17 bits per heavy atom. The Morgan fingerprint density at radius 2 is 1.72 bits per heavy atom. The van der Waals surface area contributed by atoms with Crippen LogP contribution in [0.1, 0.15) is 62.8 Å². The average molecular weight is 249 g/mol. The van der Waals surface area contributed by atoms with Crippen LogP contribution in [-0.4, -0.2) is 7.11 Å². The van der Waals surface area contributed by atoms with Gasteiger partial charge in [0, 0.05) is 6.04 Å². The van der Waals surface area contributed by atoms with Gasteiger partial charge in [0.2, 0.25) is 0 Å². The second-order valence-electron chi connectivity index (χ2n) is 5.84. The first-order valence-corrected chi connectivity index (χ1v) is 6.80. The van der Waals surface area contributed by atoms with Crippen LogP contribution in [0.25, 0.3) is 0 Å². The van der Waals surface area contributed by atoms with E-state index in [9.17, 15) is 0 Å². The number of ether oxygens (including phenoxy) is 1. The minimum absolute atomic E-state index is 0.119. The van der Waals surface area contributed by atoms with Gasteiger partial charge < -0.3 is 10.5 Å². The van der Waals surface area contributed by atoms with Crippen LogP contribution < -0.4 is 10.5 Å². The molecule has 0 radical (unpaired) electrons. The molecule has 0 aromatic heterocycles. The zero-order valence-corrected chi connectivity index (χ0v) is 12.6. The van der Waals surface area contributed by atoms with Crippen molar-refractivity contribution in [3.63, 3.8) is 0 Å². The van der Waals surface area contributed by atoms with E-state index in [1.165, 1.54) is 16.7 Å². The van der Waals surface area contributed by atoms with Gasteiger partial charge in [-0.3, -0.25) is 0 Å². The van der Waals surface area contributed by atoms with Crippen LogP contribution in [0.3, 0.4) is 0 Å². The van der Waals surface area contributed by atoms with Crippen molar-refractivity contribution in [1.29, 1.82) is 0 Å². The van der Waals surface area contributed by atoms with E-state index in [1.807, 2.05) is 0 Å². The first kappa shape index (κ1) is 15.0. The molecular weight excluding hydrogens is 222 g/mol. The van der Waals surface area contributed by atoms with Gasteiger partial charge in [0.15, 0.2) is 0 Å². The van der Waals surface area contributed by atoms with Gasteiger partial charge >= 0.3 is 0 Å². The van der Waals surface area contributed by atoms with Crippen LogP contribution in [-0.2, 0) is 0 Å². The molecule has 1 aromatic carbocycles. The van der Waals surface area contributed by atoms with E-state index in [1.54, 1.807) is 7.11 Å². The highest BCUT2D eigenvalue weighted by atomic mass is 16.5. The highest BCUT2D eigenvalue weighted by Crippen LogP contribution is 2.32. The van der Waals surface area contributed by atoms with Gasteiger partial charge in [0.1, 0.15) is 5.75 Å². The molecule has 18 heavy (non-hydrogen) atoms. The van der Waals surface area contributed by atoms with Gasteiger partial charge in [-0.25, -0.2) is 0 Å². The average Bonchev–Trinajstić information content (AvgIpc) is 2.26. The molecule has 0 amide bonds. The van der Waals surface area contributed by atoms with Crippen LogP contribution in [0.5, 0.6) is 5.75 Å². The standard InChI is InChI=1S/C16H27NO/c1-10(2)7-15(17)14-9-13(11(3)4)16(18-6)8-12(14)5/h8-11,15H,7,17H2,1-6H3. The Labute approximate surface area is 112 Å². The molecule has 0 aliphatic heterocycles. The molecule has 2 heteroatoms. The summed E-state index contributed by atoms with van der Waals surface area (Å²) >= 11 is 0. The molecule has 0 fully saturated rings. The molecule has 2 nitrogen and oxygen atoms in total. The van der Waals surface area contributed by atoms with E-state index in [0.717, 1.165) is 12.2 Å². The Kier molecular flexibility index (Phi) is 5.21. The van der Waals surface area contributed by atoms with Crippen molar-refractivity contribution in [2.75, 3.05) is 7.11 Å². The predicted octanol–water partition coefficient (Wildman–Crippen LogP) is 4.17. The van der Waals surface area contributed by atoms with Gasteiger partial charge in [0.25, 0.3) is 0 Å². The summed E-state index contributed by atoms with van der Waals surface area (Å²) in [5.41, 5.74) is 10.0. The molecule has 0 bridgehead atoms. The van der Waals surface area contributed by atoms with Crippen molar-refractivity contribution < 1.29 is 4.74 Å². The third kappa shape index (κ3) is 3.49. The summed E-state index contributed by atoms with van der Waals surface area (Å²) in [4.78, 5) is 0. The fourth-order valence-corrected chi connectivity index (χ4v) is 2.38. The number of benzene rings is 1.